The molecule has 0 aliphatic carbocycles. The molecule has 0 saturated carbocycles. The summed E-state index contributed by atoms with van der Waals surface area (Å²) in [5, 5.41) is 3.86. The van der Waals surface area contributed by atoms with E-state index in [1.807, 2.05) is 18.7 Å². The molecule has 1 unspecified atom stereocenters. The summed E-state index contributed by atoms with van der Waals surface area (Å²) < 4.78 is 5.32. The number of hydrogen-bond acceptors (Lipinski definition) is 4. The number of amides is 1. The largest absolute Gasteiger partial charge is 0.381 e. The first-order valence-corrected chi connectivity index (χ1v) is 7.37. The third-order valence-electron chi connectivity index (χ3n) is 3.09. The van der Waals surface area contributed by atoms with Crippen LogP contribution in [0.15, 0.2) is 0 Å². The van der Waals surface area contributed by atoms with Crippen LogP contribution in [0, 0.1) is 0 Å². The van der Waals surface area contributed by atoms with E-state index in [-0.39, 0.29) is 5.91 Å². The van der Waals surface area contributed by atoms with Gasteiger partial charge in [0.2, 0.25) is 5.91 Å². The van der Waals surface area contributed by atoms with Crippen molar-refractivity contribution in [3.63, 3.8) is 0 Å². The summed E-state index contributed by atoms with van der Waals surface area (Å²) in [7, 11) is 0. The van der Waals surface area contributed by atoms with E-state index in [0.717, 1.165) is 44.8 Å². The molecule has 1 heterocycles. The third kappa shape index (κ3) is 4.85. The highest BCUT2D eigenvalue weighted by Crippen LogP contribution is 2.25. The summed E-state index contributed by atoms with van der Waals surface area (Å²) in [6.45, 7) is 6.49. The zero-order valence-corrected chi connectivity index (χ0v) is 11.6. The SMILES string of the molecule is CCCNC(C)(CSC1CCOCC1)C(N)=O. The maximum Gasteiger partial charge on any atom is 0.238 e. The monoisotopic (exact) mass is 260 g/mol. The molecule has 17 heavy (non-hydrogen) atoms. The number of carbonyl (C=O) groups is 1. The zero-order valence-electron chi connectivity index (χ0n) is 10.8. The number of hydrogen-bond donors (Lipinski definition) is 2. The van der Waals surface area contributed by atoms with Crippen LogP contribution in [-0.4, -0.2) is 42.2 Å². The number of nitrogens with one attached hydrogen (secondary N) is 1. The van der Waals surface area contributed by atoms with Gasteiger partial charge in [-0.2, -0.15) is 11.8 Å². The minimum atomic E-state index is -0.584. The van der Waals surface area contributed by atoms with Crippen molar-refractivity contribution in [1.82, 2.24) is 5.32 Å². The van der Waals surface area contributed by atoms with Crippen LogP contribution in [0.4, 0.5) is 0 Å². The van der Waals surface area contributed by atoms with Crippen LogP contribution in [-0.2, 0) is 9.53 Å². The first-order chi connectivity index (χ1) is 8.08. The van der Waals surface area contributed by atoms with Crippen molar-refractivity contribution in [2.75, 3.05) is 25.5 Å². The van der Waals surface area contributed by atoms with Gasteiger partial charge in [-0.05, 0) is 32.7 Å². The molecule has 4 nitrogen and oxygen atoms in total. The molecule has 1 amide bonds. The molecular formula is C12H24N2O2S. The molecular weight excluding hydrogens is 236 g/mol. The molecule has 1 saturated heterocycles. The van der Waals surface area contributed by atoms with Crippen LogP contribution in [0.1, 0.15) is 33.1 Å². The normalized spacial score (nSPS) is 21.1. The number of rotatable bonds is 7. The average molecular weight is 260 g/mol. The smallest absolute Gasteiger partial charge is 0.238 e. The summed E-state index contributed by atoms with van der Waals surface area (Å²) in [4.78, 5) is 11.5. The van der Waals surface area contributed by atoms with E-state index in [2.05, 4.69) is 12.2 Å². The first-order valence-electron chi connectivity index (χ1n) is 6.33. The lowest BCUT2D eigenvalue weighted by molar-refractivity contribution is -0.122. The molecule has 100 valence electrons. The van der Waals surface area contributed by atoms with E-state index in [1.54, 1.807) is 0 Å². The maximum atomic E-state index is 11.5. The fourth-order valence-electron chi connectivity index (χ4n) is 1.74. The van der Waals surface area contributed by atoms with Crippen LogP contribution < -0.4 is 11.1 Å². The molecule has 1 aliphatic rings. The maximum absolute atomic E-state index is 11.5. The summed E-state index contributed by atoms with van der Waals surface area (Å²) in [6, 6.07) is 0. The Hall–Kier alpha value is -0.260. The van der Waals surface area contributed by atoms with Crippen LogP contribution in [0.5, 0.6) is 0 Å². The molecule has 0 spiro atoms. The van der Waals surface area contributed by atoms with E-state index in [9.17, 15) is 4.79 Å². The van der Waals surface area contributed by atoms with Gasteiger partial charge in [-0.1, -0.05) is 6.92 Å². The van der Waals surface area contributed by atoms with Gasteiger partial charge in [0.05, 0.1) is 0 Å². The molecule has 0 bridgehead atoms. The van der Waals surface area contributed by atoms with Gasteiger partial charge in [-0.15, -0.1) is 0 Å². The summed E-state index contributed by atoms with van der Waals surface area (Å²) in [5.41, 5.74) is 4.90. The van der Waals surface area contributed by atoms with Gasteiger partial charge in [0.25, 0.3) is 0 Å². The number of ether oxygens (including phenoxy) is 1. The average Bonchev–Trinajstić information content (AvgIpc) is 2.35. The van der Waals surface area contributed by atoms with Crippen LogP contribution in [0.3, 0.4) is 0 Å². The van der Waals surface area contributed by atoms with E-state index in [1.165, 1.54) is 0 Å². The van der Waals surface area contributed by atoms with Gasteiger partial charge in [-0.3, -0.25) is 4.79 Å². The summed E-state index contributed by atoms with van der Waals surface area (Å²) in [6.07, 6.45) is 3.16. The van der Waals surface area contributed by atoms with Crippen molar-refractivity contribution in [2.45, 2.75) is 43.9 Å². The highest BCUT2D eigenvalue weighted by molar-refractivity contribution is 8.00. The van der Waals surface area contributed by atoms with Crippen molar-refractivity contribution in [3.8, 4) is 0 Å². The molecule has 0 aromatic heterocycles. The standard InChI is InChI=1S/C12H24N2O2S/c1-3-6-14-12(2,11(13)15)9-17-10-4-7-16-8-5-10/h10,14H,3-9H2,1-2H3,(H2,13,15). The fraction of sp³-hybridized carbons (Fsp3) is 0.917. The second kappa shape index (κ2) is 7.24. The van der Waals surface area contributed by atoms with Gasteiger partial charge in [0.15, 0.2) is 0 Å². The molecule has 3 N–H and O–H groups in total. The van der Waals surface area contributed by atoms with Crippen molar-refractivity contribution in [1.29, 1.82) is 0 Å². The van der Waals surface area contributed by atoms with E-state index < -0.39 is 5.54 Å². The van der Waals surface area contributed by atoms with E-state index in [0.29, 0.717) is 5.25 Å². The lowest BCUT2D eigenvalue weighted by Gasteiger charge is -2.30. The third-order valence-corrected chi connectivity index (χ3v) is 4.77. The van der Waals surface area contributed by atoms with Gasteiger partial charge >= 0.3 is 0 Å². The first kappa shape index (κ1) is 14.8. The van der Waals surface area contributed by atoms with Crippen LogP contribution in [0.2, 0.25) is 0 Å². The Balaban J connectivity index is 2.39. The predicted octanol–water partition coefficient (Wildman–Crippen LogP) is 1.14. The number of primary amides is 1. The fourth-order valence-corrected chi connectivity index (χ4v) is 3.08. The minimum Gasteiger partial charge on any atom is -0.381 e. The van der Waals surface area contributed by atoms with Gasteiger partial charge in [0.1, 0.15) is 5.54 Å². The molecule has 1 fully saturated rings. The Bertz CT molecular complexity index is 245. The quantitative estimate of drug-likeness (QED) is 0.720. The van der Waals surface area contributed by atoms with Crippen molar-refractivity contribution in [2.24, 2.45) is 5.73 Å². The van der Waals surface area contributed by atoms with Crippen molar-refractivity contribution >= 4 is 17.7 Å². The minimum absolute atomic E-state index is 0.259. The number of nitrogens with two attached hydrogens (primary N) is 1. The Morgan fingerprint density at radius 3 is 2.71 bits per heavy atom. The highest BCUT2D eigenvalue weighted by Gasteiger charge is 2.31. The second-order valence-electron chi connectivity index (χ2n) is 4.75. The van der Waals surface area contributed by atoms with Crippen LogP contribution in [0.25, 0.3) is 0 Å². The van der Waals surface area contributed by atoms with Crippen molar-refractivity contribution in [3.05, 3.63) is 0 Å². The zero-order chi connectivity index (χ0) is 12.7. The highest BCUT2D eigenvalue weighted by atomic mass is 32.2. The lowest BCUT2D eigenvalue weighted by Crippen LogP contribution is -2.55. The molecule has 1 rings (SSSR count). The van der Waals surface area contributed by atoms with E-state index >= 15 is 0 Å². The van der Waals surface area contributed by atoms with Crippen LogP contribution >= 0.6 is 11.8 Å². The molecule has 5 heteroatoms. The molecule has 1 aliphatic heterocycles. The second-order valence-corrected chi connectivity index (χ2v) is 6.03. The molecule has 0 aromatic carbocycles. The topological polar surface area (TPSA) is 64.3 Å². The van der Waals surface area contributed by atoms with Gasteiger partial charge in [-0.25, -0.2) is 0 Å². The Kier molecular flexibility index (Phi) is 6.30. The molecule has 0 radical (unpaired) electrons. The van der Waals surface area contributed by atoms with Gasteiger partial charge < -0.3 is 15.8 Å². The summed E-state index contributed by atoms with van der Waals surface area (Å²) >= 11 is 1.84. The predicted molar refractivity (Wildman–Crippen MR) is 72.2 cm³/mol. The van der Waals surface area contributed by atoms with Gasteiger partial charge in [0, 0.05) is 24.2 Å². The lowest BCUT2D eigenvalue weighted by atomic mass is 10.0. The number of thioether (sulfide) groups is 1. The molecule has 0 aromatic rings. The Morgan fingerprint density at radius 2 is 2.18 bits per heavy atom. The summed E-state index contributed by atoms with van der Waals surface area (Å²) in [5.74, 6) is 0.484. The Morgan fingerprint density at radius 1 is 1.53 bits per heavy atom. The number of carbonyl (C=O) groups excluding carboxylic acids is 1. The van der Waals surface area contributed by atoms with Crippen molar-refractivity contribution < 1.29 is 9.53 Å². The van der Waals surface area contributed by atoms with E-state index in [4.69, 9.17) is 10.5 Å². The molecule has 1 atom stereocenters. The Labute approximate surface area is 108 Å².